The summed E-state index contributed by atoms with van der Waals surface area (Å²) in [7, 11) is 0. The third kappa shape index (κ3) is 1.54. The van der Waals surface area contributed by atoms with Crippen molar-refractivity contribution in [3.8, 4) is 0 Å². The topological polar surface area (TPSA) is 29.3 Å². The summed E-state index contributed by atoms with van der Waals surface area (Å²) in [5.74, 6) is 0. The zero-order valence-corrected chi connectivity index (χ0v) is 8.09. The van der Waals surface area contributed by atoms with Crippen molar-refractivity contribution in [3.63, 3.8) is 0 Å². The minimum Gasteiger partial charge on any atom is -0.371 e. The van der Waals surface area contributed by atoms with Gasteiger partial charge in [0.15, 0.2) is 0 Å². The van der Waals surface area contributed by atoms with Crippen molar-refractivity contribution < 1.29 is 0 Å². The second-order valence-electron chi connectivity index (χ2n) is 3.68. The summed E-state index contributed by atoms with van der Waals surface area (Å²) in [4.78, 5) is 2.40. The van der Waals surface area contributed by atoms with Crippen LogP contribution in [-0.4, -0.2) is 13.1 Å². The van der Waals surface area contributed by atoms with Crippen molar-refractivity contribution in [1.82, 2.24) is 0 Å². The predicted molar refractivity (Wildman–Crippen MR) is 55.9 cm³/mol. The summed E-state index contributed by atoms with van der Waals surface area (Å²) in [5, 5.41) is 0. The molecule has 0 aromatic heterocycles. The molecule has 1 aromatic rings. The van der Waals surface area contributed by atoms with E-state index in [0.29, 0.717) is 6.54 Å². The molecule has 1 fully saturated rings. The van der Waals surface area contributed by atoms with Crippen molar-refractivity contribution in [3.05, 3.63) is 29.3 Å². The van der Waals surface area contributed by atoms with E-state index in [1.54, 1.807) is 0 Å². The Morgan fingerprint density at radius 3 is 2.69 bits per heavy atom. The Hall–Kier alpha value is -1.02. The molecule has 70 valence electrons. The quantitative estimate of drug-likeness (QED) is 0.742. The van der Waals surface area contributed by atoms with Crippen molar-refractivity contribution in [2.75, 3.05) is 18.0 Å². The summed E-state index contributed by atoms with van der Waals surface area (Å²) < 4.78 is 0. The SMILES string of the molecule is Cc1ccc(CN)c(N2CCC2)c1. The Kier molecular flexibility index (Phi) is 2.23. The van der Waals surface area contributed by atoms with Gasteiger partial charge in [0.25, 0.3) is 0 Å². The molecule has 2 rings (SSSR count). The summed E-state index contributed by atoms with van der Waals surface area (Å²) in [5.41, 5.74) is 9.62. The van der Waals surface area contributed by atoms with E-state index in [-0.39, 0.29) is 0 Å². The lowest BCUT2D eigenvalue weighted by molar-refractivity contribution is 0.614. The molecule has 0 radical (unpaired) electrons. The first kappa shape index (κ1) is 8.57. The van der Waals surface area contributed by atoms with E-state index in [1.165, 1.54) is 36.3 Å². The van der Waals surface area contributed by atoms with E-state index >= 15 is 0 Å². The smallest absolute Gasteiger partial charge is 0.0414 e. The van der Waals surface area contributed by atoms with Crippen molar-refractivity contribution >= 4 is 5.69 Å². The largest absolute Gasteiger partial charge is 0.371 e. The summed E-state index contributed by atoms with van der Waals surface area (Å²) >= 11 is 0. The number of aryl methyl sites for hydroxylation is 1. The molecule has 2 nitrogen and oxygen atoms in total. The molecule has 0 unspecified atom stereocenters. The number of hydrogen-bond acceptors (Lipinski definition) is 2. The normalized spacial score (nSPS) is 15.7. The van der Waals surface area contributed by atoms with E-state index in [0.717, 1.165) is 0 Å². The van der Waals surface area contributed by atoms with Crippen LogP contribution < -0.4 is 10.6 Å². The Labute approximate surface area is 79.4 Å². The molecule has 0 aliphatic carbocycles. The monoisotopic (exact) mass is 176 g/mol. The maximum absolute atomic E-state index is 5.69. The van der Waals surface area contributed by atoms with Gasteiger partial charge in [0.05, 0.1) is 0 Å². The molecule has 0 saturated carbocycles. The van der Waals surface area contributed by atoms with Gasteiger partial charge in [0.1, 0.15) is 0 Å². The number of hydrogen-bond donors (Lipinski definition) is 1. The fourth-order valence-electron chi connectivity index (χ4n) is 1.70. The van der Waals surface area contributed by atoms with Crippen LogP contribution in [0.1, 0.15) is 17.5 Å². The minimum absolute atomic E-state index is 0.645. The Morgan fingerprint density at radius 2 is 2.15 bits per heavy atom. The number of nitrogens with zero attached hydrogens (tertiary/aromatic N) is 1. The molecule has 13 heavy (non-hydrogen) atoms. The molecule has 2 N–H and O–H groups in total. The highest BCUT2D eigenvalue weighted by Gasteiger charge is 2.16. The molecular formula is C11H16N2. The van der Waals surface area contributed by atoms with Crippen LogP contribution in [0.3, 0.4) is 0 Å². The highest BCUT2D eigenvalue weighted by atomic mass is 15.2. The van der Waals surface area contributed by atoms with Gasteiger partial charge < -0.3 is 10.6 Å². The number of rotatable bonds is 2. The van der Waals surface area contributed by atoms with Crippen LogP contribution in [-0.2, 0) is 6.54 Å². The van der Waals surface area contributed by atoms with E-state index in [1.807, 2.05) is 0 Å². The maximum Gasteiger partial charge on any atom is 0.0414 e. The molecule has 1 aliphatic rings. The minimum atomic E-state index is 0.645. The first-order chi connectivity index (χ1) is 6.31. The third-order valence-electron chi connectivity index (χ3n) is 2.66. The predicted octanol–water partition coefficient (Wildman–Crippen LogP) is 1.66. The van der Waals surface area contributed by atoms with Crippen LogP contribution in [0.4, 0.5) is 5.69 Å². The van der Waals surface area contributed by atoms with Crippen molar-refractivity contribution in [1.29, 1.82) is 0 Å². The van der Waals surface area contributed by atoms with Gasteiger partial charge in [-0.2, -0.15) is 0 Å². The molecule has 0 amide bonds. The van der Waals surface area contributed by atoms with E-state index in [2.05, 4.69) is 30.0 Å². The first-order valence-corrected chi connectivity index (χ1v) is 4.86. The average molecular weight is 176 g/mol. The standard InChI is InChI=1S/C11H16N2/c1-9-3-4-10(8-12)11(7-9)13-5-2-6-13/h3-4,7H,2,5-6,8,12H2,1H3. The van der Waals surface area contributed by atoms with E-state index in [4.69, 9.17) is 5.73 Å². The second kappa shape index (κ2) is 3.38. The van der Waals surface area contributed by atoms with Crippen molar-refractivity contribution in [2.24, 2.45) is 5.73 Å². The number of nitrogens with two attached hydrogens (primary N) is 1. The molecule has 1 aromatic carbocycles. The number of benzene rings is 1. The third-order valence-corrected chi connectivity index (χ3v) is 2.66. The maximum atomic E-state index is 5.69. The Morgan fingerprint density at radius 1 is 1.38 bits per heavy atom. The molecule has 0 spiro atoms. The summed E-state index contributed by atoms with van der Waals surface area (Å²) in [6.45, 7) is 5.16. The fourth-order valence-corrected chi connectivity index (χ4v) is 1.70. The summed E-state index contributed by atoms with van der Waals surface area (Å²) in [6.07, 6.45) is 1.32. The zero-order chi connectivity index (χ0) is 9.26. The molecule has 0 atom stereocenters. The van der Waals surface area contributed by atoms with Crippen LogP contribution in [0, 0.1) is 6.92 Å². The van der Waals surface area contributed by atoms with Gasteiger partial charge in [-0.3, -0.25) is 0 Å². The molecular weight excluding hydrogens is 160 g/mol. The van der Waals surface area contributed by atoms with Gasteiger partial charge in [-0.15, -0.1) is 0 Å². The highest BCUT2D eigenvalue weighted by molar-refractivity contribution is 5.56. The van der Waals surface area contributed by atoms with Gasteiger partial charge in [0, 0.05) is 25.3 Å². The summed E-state index contributed by atoms with van der Waals surface area (Å²) in [6, 6.07) is 6.51. The van der Waals surface area contributed by atoms with E-state index in [9.17, 15) is 0 Å². The van der Waals surface area contributed by atoms with Crippen LogP contribution in [0.2, 0.25) is 0 Å². The van der Waals surface area contributed by atoms with Gasteiger partial charge in [-0.1, -0.05) is 12.1 Å². The number of anilines is 1. The van der Waals surface area contributed by atoms with Crippen LogP contribution >= 0.6 is 0 Å². The average Bonchev–Trinajstić information content (AvgIpc) is 2.02. The molecule has 1 saturated heterocycles. The first-order valence-electron chi connectivity index (χ1n) is 4.86. The lowest BCUT2D eigenvalue weighted by Crippen LogP contribution is -2.37. The molecule has 1 aliphatic heterocycles. The molecule has 1 heterocycles. The molecule has 0 bridgehead atoms. The lowest BCUT2D eigenvalue weighted by Gasteiger charge is -2.35. The Balaban J connectivity index is 2.33. The van der Waals surface area contributed by atoms with Crippen LogP contribution in [0.15, 0.2) is 18.2 Å². The van der Waals surface area contributed by atoms with Crippen molar-refractivity contribution in [2.45, 2.75) is 19.9 Å². The lowest BCUT2D eigenvalue weighted by atomic mass is 10.1. The zero-order valence-electron chi connectivity index (χ0n) is 8.09. The van der Waals surface area contributed by atoms with Gasteiger partial charge in [-0.05, 0) is 30.5 Å². The fraction of sp³-hybridized carbons (Fsp3) is 0.455. The second-order valence-corrected chi connectivity index (χ2v) is 3.68. The molecule has 2 heteroatoms. The van der Waals surface area contributed by atoms with Crippen LogP contribution in [0.5, 0.6) is 0 Å². The Bertz CT molecular complexity index is 303. The van der Waals surface area contributed by atoms with Gasteiger partial charge >= 0.3 is 0 Å². The van der Waals surface area contributed by atoms with E-state index < -0.39 is 0 Å². The van der Waals surface area contributed by atoms with Crippen LogP contribution in [0.25, 0.3) is 0 Å². The van der Waals surface area contributed by atoms with Gasteiger partial charge in [-0.25, -0.2) is 0 Å². The highest BCUT2D eigenvalue weighted by Crippen LogP contribution is 2.25. The van der Waals surface area contributed by atoms with Gasteiger partial charge in [0.2, 0.25) is 0 Å².